The van der Waals surface area contributed by atoms with Crippen LogP contribution in [0.25, 0.3) is 0 Å². The maximum Gasteiger partial charge on any atom is 0.128 e. The quantitative estimate of drug-likeness (QED) is 0.589. The van der Waals surface area contributed by atoms with Gasteiger partial charge in [0.2, 0.25) is 0 Å². The molecule has 0 amide bonds. The molecule has 0 aliphatic heterocycles. The van der Waals surface area contributed by atoms with Crippen molar-refractivity contribution in [2.75, 3.05) is 13.1 Å². The van der Waals surface area contributed by atoms with E-state index in [0.717, 1.165) is 19.5 Å². The molecule has 1 rings (SSSR count). The second kappa shape index (κ2) is 6.98. The van der Waals surface area contributed by atoms with Crippen molar-refractivity contribution in [1.29, 1.82) is 0 Å². The van der Waals surface area contributed by atoms with Gasteiger partial charge < -0.3 is 0 Å². The zero-order valence-corrected chi connectivity index (χ0v) is 12.4. The summed E-state index contributed by atoms with van der Waals surface area (Å²) in [5, 5.41) is 0. The second-order valence-electron chi connectivity index (χ2n) is 5.00. The Hall–Kier alpha value is -0.970. The molecule has 0 aromatic heterocycles. The van der Waals surface area contributed by atoms with Gasteiger partial charge in [-0.2, -0.15) is 0 Å². The number of nitrogens with one attached hydrogen (secondary N) is 1. The Bertz CT molecular complexity index is 393. The van der Waals surface area contributed by atoms with Crippen LogP contribution in [0.5, 0.6) is 0 Å². The molecule has 0 aliphatic rings. The van der Waals surface area contributed by atoms with E-state index in [9.17, 15) is 4.39 Å². The molecule has 0 aliphatic carbocycles. The highest BCUT2D eigenvalue weighted by Gasteiger charge is 2.38. The third-order valence-electron chi connectivity index (χ3n) is 4.21. The summed E-state index contributed by atoms with van der Waals surface area (Å²) in [6.07, 6.45) is 0.887. The molecule has 0 saturated carbocycles. The summed E-state index contributed by atoms with van der Waals surface area (Å²) in [6.45, 7) is 10.3. The lowest BCUT2D eigenvalue weighted by Gasteiger charge is -2.45. The molecule has 4 heteroatoms. The number of benzene rings is 1. The molecule has 2 unspecified atom stereocenters. The first kappa shape index (κ1) is 16.1. The van der Waals surface area contributed by atoms with E-state index in [2.05, 4.69) is 38.0 Å². The van der Waals surface area contributed by atoms with Gasteiger partial charge in [-0.15, -0.1) is 0 Å². The van der Waals surface area contributed by atoms with Crippen molar-refractivity contribution < 1.29 is 4.39 Å². The van der Waals surface area contributed by atoms with Gasteiger partial charge >= 0.3 is 0 Å². The third-order valence-corrected chi connectivity index (χ3v) is 4.21. The van der Waals surface area contributed by atoms with Gasteiger partial charge in [-0.25, -0.2) is 4.39 Å². The van der Waals surface area contributed by atoms with E-state index in [4.69, 9.17) is 5.84 Å². The van der Waals surface area contributed by atoms with Crippen LogP contribution in [0.3, 0.4) is 0 Å². The molecule has 108 valence electrons. The van der Waals surface area contributed by atoms with Gasteiger partial charge in [0.05, 0.1) is 6.04 Å². The van der Waals surface area contributed by atoms with Crippen LogP contribution in [-0.4, -0.2) is 23.5 Å². The summed E-state index contributed by atoms with van der Waals surface area (Å²) in [4.78, 5) is 2.32. The van der Waals surface area contributed by atoms with Crippen LogP contribution < -0.4 is 11.3 Å². The first-order chi connectivity index (χ1) is 9.04. The average molecular weight is 267 g/mol. The van der Waals surface area contributed by atoms with E-state index >= 15 is 0 Å². The van der Waals surface area contributed by atoms with Crippen LogP contribution in [0.15, 0.2) is 24.3 Å². The monoisotopic (exact) mass is 267 g/mol. The average Bonchev–Trinajstić information content (AvgIpc) is 2.43. The zero-order chi connectivity index (χ0) is 14.5. The largest absolute Gasteiger partial charge is 0.297 e. The zero-order valence-electron chi connectivity index (χ0n) is 12.4. The van der Waals surface area contributed by atoms with Crippen LogP contribution >= 0.6 is 0 Å². The Balaban J connectivity index is 3.22. The molecule has 1 aromatic rings. The molecule has 0 heterocycles. The summed E-state index contributed by atoms with van der Waals surface area (Å²) in [7, 11) is 0. The number of rotatable bonds is 7. The summed E-state index contributed by atoms with van der Waals surface area (Å²) in [6, 6.07) is 6.60. The SMILES string of the molecule is CCN(CC)C(C)(CC)C(NN)c1ccccc1F. The standard InChI is InChI=1S/C15H26FN3/c1-5-15(4,19(6-2)7-3)14(18-17)12-10-8-9-11-13(12)16/h8-11,14,18H,5-7,17H2,1-4H3. The minimum absolute atomic E-state index is 0.211. The highest BCUT2D eigenvalue weighted by Crippen LogP contribution is 2.34. The first-order valence-electron chi connectivity index (χ1n) is 7.00. The number of likely N-dealkylation sites (N-methyl/N-ethyl adjacent to an activating group) is 1. The molecule has 0 fully saturated rings. The minimum atomic E-state index is -0.237. The van der Waals surface area contributed by atoms with E-state index in [0.29, 0.717) is 5.56 Å². The normalized spacial score (nSPS) is 16.4. The molecule has 0 radical (unpaired) electrons. The Morgan fingerprint density at radius 1 is 1.26 bits per heavy atom. The number of halogens is 1. The van der Waals surface area contributed by atoms with Gasteiger partial charge in [0, 0.05) is 11.1 Å². The van der Waals surface area contributed by atoms with Crippen molar-refractivity contribution in [2.45, 2.75) is 45.7 Å². The molecule has 1 aromatic carbocycles. The van der Waals surface area contributed by atoms with Gasteiger partial charge in [-0.3, -0.25) is 16.2 Å². The van der Waals surface area contributed by atoms with Crippen molar-refractivity contribution in [3.05, 3.63) is 35.6 Å². The van der Waals surface area contributed by atoms with Crippen molar-refractivity contribution in [3.8, 4) is 0 Å². The number of nitrogens with zero attached hydrogens (tertiary/aromatic N) is 1. The lowest BCUT2D eigenvalue weighted by atomic mass is 9.83. The van der Waals surface area contributed by atoms with E-state index < -0.39 is 0 Å². The van der Waals surface area contributed by atoms with E-state index in [1.807, 2.05) is 6.07 Å². The molecule has 3 nitrogen and oxygen atoms in total. The topological polar surface area (TPSA) is 41.3 Å². The number of hydrogen-bond acceptors (Lipinski definition) is 3. The Morgan fingerprint density at radius 2 is 1.84 bits per heavy atom. The predicted octanol–water partition coefficient (Wildman–Crippen LogP) is 2.84. The van der Waals surface area contributed by atoms with Crippen molar-refractivity contribution in [3.63, 3.8) is 0 Å². The summed E-state index contributed by atoms with van der Waals surface area (Å²) in [5.41, 5.74) is 3.22. The van der Waals surface area contributed by atoms with Gasteiger partial charge in [0.25, 0.3) is 0 Å². The fourth-order valence-corrected chi connectivity index (χ4v) is 2.87. The first-order valence-corrected chi connectivity index (χ1v) is 7.00. The van der Waals surface area contributed by atoms with E-state index in [1.54, 1.807) is 12.1 Å². The molecule has 0 spiro atoms. The van der Waals surface area contributed by atoms with Gasteiger partial charge in [0.15, 0.2) is 0 Å². The summed E-state index contributed by atoms with van der Waals surface area (Å²) < 4.78 is 14.1. The van der Waals surface area contributed by atoms with Crippen LogP contribution in [0.4, 0.5) is 4.39 Å². The third kappa shape index (κ3) is 3.14. The maximum absolute atomic E-state index is 14.1. The number of hydrogen-bond donors (Lipinski definition) is 2. The lowest BCUT2D eigenvalue weighted by molar-refractivity contribution is 0.0685. The smallest absolute Gasteiger partial charge is 0.128 e. The summed E-state index contributed by atoms with van der Waals surface area (Å²) >= 11 is 0. The van der Waals surface area contributed by atoms with Crippen LogP contribution in [-0.2, 0) is 0 Å². The van der Waals surface area contributed by atoms with Crippen molar-refractivity contribution in [2.24, 2.45) is 5.84 Å². The molecule has 3 N–H and O–H groups in total. The number of hydrazine groups is 1. The van der Waals surface area contributed by atoms with Crippen LogP contribution in [0.2, 0.25) is 0 Å². The number of nitrogens with two attached hydrogens (primary N) is 1. The predicted molar refractivity (Wildman–Crippen MR) is 78.1 cm³/mol. The summed E-state index contributed by atoms with van der Waals surface area (Å²) in [5.74, 6) is 5.53. The molecule has 19 heavy (non-hydrogen) atoms. The van der Waals surface area contributed by atoms with Crippen molar-refractivity contribution in [1.82, 2.24) is 10.3 Å². The van der Waals surface area contributed by atoms with E-state index in [1.165, 1.54) is 6.07 Å². The second-order valence-corrected chi connectivity index (χ2v) is 5.00. The highest BCUT2D eigenvalue weighted by molar-refractivity contribution is 5.25. The minimum Gasteiger partial charge on any atom is -0.297 e. The molecule has 0 saturated heterocycles. The Labute approximate surface area is 116 Å². The van der Waals surface area contributed by atoms with Gasteiger partial charge in [-0.05, 0) is 32.5 Å². The van der Waals surface area contributed by atoms with Crippen molar-refractivity contribution >= 4 is 0 Å². The maximum atomic E-state index is 14.1. The lowest BCUT2D eigenvalue weighted by Crippen LogP contribution is -2.55. The van der Waals surface area contributed by atoms with Gasteiger partial charge in [-0.1, -0.05) is 39.0 Å². The van der Waals surface area contributed by atoms with Crippen LogP contribution in [0.1, 0.15) is 45.7 Å². The molecular weight excluding hydrogens is 241 g/mol. The molecule has 2 atom stereocenters. The van der Waals surface area contributed by atoms with Gasteiger partial charge in [0.1, 0.15) is 5.82 Å². The Kier molecular flexibility index (Phi) is 5.91. The van der Waals surface area contributed by atoms with E-state index in [-0.39, 0.29) is 17.4 Å². The Morgan fingerprint density at radius 3 is 2.26 bits per heavy atom. The fraction of sp³-hybridized carbons (Fsp3) is 0.600. The fourth-order valence-electron chi connectivity index (χ4n) is 2.87. The van der Waals surface area contributed by atoms with Crippen LogP contribution in [0, 0.1) is 5.82 Å². The highest BCUT2D eigenvalue weighted by atomic mass is 19.1. The molecular formula is C15H26FN3. The molecule has 0 bridgehead atoms.